The van der Waals surface area contributed by atoms with E-state index in [9.17, 15) is 27.6 Å². The molecule has 9 nitrogen and oxygen atoms in total. The van der Waals surface area contributed by atoms with Crippen LogP contribution in [0.15, 0.2) is 87.8 Å². The molecule has 14 heteroatoms. The van der Waals surface area contributed by atoms with Crippen molar-refractivity contribution in [3.05, 3.63) is 125 Å². The van der Waals surface area contributed by atoms with Crippen molar-refractivity contribution in [2.75, 3.05) is 20.3 Å². The van der Waals surface area contributed by atoms with Gasteiger partial charge in [-0.15, -0.1) is 0 Å². The van der Waals surface area contributed by atoms with Gasteiger partial charge in [-0.3, -0.25) is 9.36 Å². The molecule has 5 rings (SSSR count). The topological polar surface area (TPSA) is 105 Å². The van der Waals surface area contributed by atoms with Crippen molar-refractivity contribution < 1.29 is 41.7 Å². The number of hydrogen-bond acceptors (Lipinski definition) is 9. The van der Waals surface area contributed by atoms with Gasteiger partial charge in [0.15, 0.2) is 22.0 Å². The number of hydrogen-bond donors (Lipinski definition) is 0. The molecule has 2 heterocycles. The molecule has 4 aromatic rings. The average Bonchev–Trinajstić information content (AvgIpc) is 3.37. The molecule has 0 bridgehead atoms. The number of nitrogens with zero attached hydrogens (tertiary/aromatic N) is 2. The number of ether oxygens (including phenoxy) is 4. The lowest BCUT2D eigenvalue weighted by atomic mass is 9.95. The maximum absolute atomic E-state index is 14.3. The van der Waals surface area contributed by atoms with Crippen LogP contribution in [-0.4, -0.2) is 43.0 Å². The summed E-state index contributed by atoms with van der Waals surface area (Å²) in [4.78, 5) is 42.3. The van der Waals surface area contributed by atoms with Gasteiger partial charge in [0, 0.05) is 5.02 Å². The van der Waals surface area contributed by atoms with Crippen LogP contribution in [0.5, 0.6) is 11.5 Å². The summed E-state index contributed by atoms with van der Waals surface area (Å²) >= 11 is 6.78. The summed E-state index contributed by atoms with van der Waals surface area (Å²) in [5.74, 6) is -0.932. The van der Waals surface area contributed by atoms with Gasteiger partial charge < -0.3 is 18.9 Å². The number of aromatic nitrogens is 1. The van der Waals surface area contributed by atoms with Crippen LogP contribution in [0.4, 0.5) is 13.2 Å². The molecular weight excluding hydrogens is 673 g/mol. The number of rotatable bonds is 10. The zero-order valence-electron chi connectivity index (χ0n) is 25.8. The van der Waals surface area contributed by atoms with Gasteiger partial charge in [-0.25, -0.2) is 14.6 Å². The third-order valence-corrected chi connectivity index (χ3v) is 8.36. The molecule has 250 valence electrons. The van der Waals surface area contributed by atoms with E-state index >= 15 is 0 Å². The smallest absolute Gasteiger partial charge is 0.434 e. The van der Waals surface area contributed by atoms with Gasteiger partial charge >= 0.3 is 18.1 Å². The van der Waals surface area contributed by atoms with E-state index in [-0.39, 0.29) is 34.7 Å². The quantitative estimate of drug-likeness (QED) is 0.194. The Balaban J connectivity index is 1.52. The van der Waals surface area contributed by atoms with E-state index < -0.39 is 41.0 Å². The van der Waals surface area contributed by atoms with Crippen molar-refractivity contribution >= 4 is 41.0 Å². The third kappa shape index (κ3) is 7.32. The van der Waals surface area contributed by atoms with E-state index in [1.54, 1.807) is 49.4 Å². The zero-order chi connectivity index (χ0) is 34.6. The predicted molar refractivity (Wildman–Crippen MR) is 172 cm³/mol. The fourth-order valence-corrected chi connectivity index (χ4v) is 6.08. The number of fused-ring (bicyclic) bond motifs is 1. The fraction of sp³-hybridized carbons (Fsp3) is 0.235. The first-order valence-electron chi connectivity index (χ1n) is 14.6. The van der Waals surface area contributed by atoms with E-state index in [2.05, 4.69) is 4.99 Å². The minimum Gasteiger partial charge on any atom is -0.493 e. The second-order valence-corrected chi connectivity index (χ2v) is 11.7. The number of alkyl halides is 3. The van der Waals surface area contributed by atoms with Crippen LogP contribution < -0.4 is 24.4 Å². The highest BCUT2D eigenvalue weighted by Crippen LogP contribution is 2.38. The highest BCUT2D eigenvalue weighted by atomic mass is 35.5. The molecule has 0 spiro atoms. The van der Waals surface area contributed by atoms with E-state index in [0.717, 1.165) is 21.5 Å². The Morgan fingerprint density at radius 3 is 2.25 bits per heavy atom. The summed E-state index contributed by atoms with van der Waals surface area (Å²) < 4.78 is 65.6. The molecule has 1 atom stereocenters. The molecule has 1 aliphatic heterocycles. The van der Waals surface area contributed by atoms with E-state index in [1.165, 1.54) is 44.4 Å². The van der Waals surface area contributed by atoms with Crippen LogP contribution in [0, 0.1) is 0 Å². The van der Waals surface area contributed by atoms with Crippen molar-refractivity contribution in [1.82, 2.24) is 4.57 Å². The van der Waals surface area contributed by atoms with Crippen molar-refractivity contribution in [2.24, 2.45) is 4.99 Å². The van der Waals surface area contributed by atoms with Gasteiger partial charge in [-0.2, -0.15) is 13.2 Å². The largest absolute Gasteiger partial charge is 0.493 e. The number of methoxy groups -OCH3 is 1. The van der Waals surface area contributed by atoms with Crippen LogP contribution >= 0.6 is 22.9 Å². The maximum atomic E-state index is 14.3. The molecule has 48 heavy (non-hydrogen) atoms. The number of benzene rings is 3. The standard InChI is InChI=1S/C34H28ClF3N2O7S/c1-4-45-31(42)22-9-6-19(7-10-22)18-47-24-15-8-20(16-25(24)44-3)17-26-30(41)40-28(21-11-13-23(35)14-12-21)27(32(43)46-5-2)29(34(36,37)38)39-33(40)48-26/h6-17,28H,4-5,18H2,1-3H3/b26-17-/t28-/m1/s1. The molecule has 0 fully saturated rings. The fourth-order valence-electron chi connectivity index (χ4n) is 4.96. The van der Waals surface area contributed by atoms with Crippen molar-refractivity contribution in [2.45, 2.75) is 32.7 Å². The van der Waals surface area contributed by atoms with Crippen LogP contribution in [0.25, 0.3) is 6.08 Å². The Morgan fingerprint density at radius 2 is 1.62 bits per heavy atom. The molecular formula is C34H28ClF3N2O7S. The summed E-state index contributed by atoms with van der Waals surface area (Å²) in [6.45, 7) is 3.44. The summed E-state index contributed by atoms with van der Waals surface area (Å²) in [7, 11) is 1.44. The normalized spacial score (nSPS) is 14.6. The summed E-state index contributed by atoms with van der Waals surface area (Å²) in [5.41, 5.74) is -0.994. The molecule has 1 aliphatic rings. The Morgan fingerprint density at radius 1 is 0.958 bits per heavy atom. The molecule has 0 unspecified atom stereocenters. The molecule has 0 radical (unpaired) electrons. The zero-order valence-corrected chi connectivity index (χ0v) is 27.4. The lowest BCUT2D eigenvalue weighted by Crippen LogP contribution is -2.41. The van der Waals surface area contributed by atoms with Crippen molar-refractivity contribution in [3.63, 3.8) is 0 Å². The van der Waals surface area contributed by atoms with Crippen LogP contribution in [-0.2, 0) is 20.9 Å². The van der Waals surface area contributed by atoms with Gasteiger partial charge in [-0.05, 0) is 73.0 Å². The first-order chi connectivity index (χ1) is 22.9. The Kier molecular flexibility index (Phi) is 10.4. The first-order valence-corrected chi connectivity index (χ1v) is 15.8. The number of allylic oxidation sites excluding steroid dienone is 1. The number of esters is 2. The van der Waals surface area contributed by atoms with Crippen LogP contribution in [0.1, 0.15) is 46.9 Å². The number of halogens is 4. The summed E-state index contributed by atoms with van der Waals surface area (Å²) in [6.07, 6.45) is -3.53. The monoisotopic (exact) mass is 700 g/mol. The Labute approximate surface area is 281 Å². The second-order valence-electron chi connectivity index (χ2n) is 10.2. The average molecular weight is 701 g/mol. The van der Waals surface area contributed by atoms with Crippen LogP contribution in [0.2, 0.25) is 5.02 Å². The van der Waals surface area contributed by atoms with Crippen molar-refractivity contribution in [3.8, 4) is 11.5 Å². The molecule has 3 aromatic carbocycles. The summed E-state index contributed by atoms with van der Waals surface area (Å²) in [5, 5.41) is 0.317. The summed E-state index contributed by atoms with van der Waals surface area (Å²) in [6, 6.07) is 16.0. The molecule has 0 N–H and O–H groups in total. The Hall–Kier alpha value is -4.88. The Bertz CT molecular complexity index is 2050. The number of carbonyl (C=O) groups is 2. The maximum Gasteiger partial charge on any atom is 0.434 e. The lowest BCUT2D eigenvalue weighted by Gasteiger charge is -2.26. The highest BCUT2D eigenvalue weighted by Gasteiger charge is 2.45. The van der Waals surface area contributed by atoms with Gasteiger partial charge in [0.1, 0.15) is 6.61 Å². The highest BCUT2D eigenvalue weighted by molar-refractivity contribution is 7.07. The minimum absolute atomic E-state index is 0.0664. The number of carbonyl (C=O) groups excluding carboxylic acids is 2. The van der Waals surface area contributed by atoms with Gasteiger partial charge in [0.25, 0.3) is 5.56 Å². The molecule has 0 aliphatic carbocycles. The predicted octanol–water partition coefficient (Wildman–Crippen LogP) is 5.76. The lowest BCUT2D eigenvalue weighted by molar-refractivity contribution is -0.140. The van der Waals surface area contributed by atoms with E-state index in [1.807, 2.05) is 0 Å². The van der Waals surface area contributed by atoms with Crippen molar-refractivity contribution in [1.29, 1.82) is 0 Å². The van der Waals surface area contributed by atoms with Crippen LogP contribution in [0.3, 0.4) is 0 Å². The molecule has 0 amide bonds. The first kappa shape index (κ1) is 34.5. The third-order valence-electron chi connectivity index (χ3n) is 7.13. The second kappa shape index (κ2) is 14.5. The van der Waals surface area contributed by atoms with Gasteiger partial charge in [0.2, 0.25) is 0 Å². The van der Waals surface area contributed by atoms with E-state index in [0.29, 0.717) is 27.6 Å². The van der Waals surface area contributed by atoms with E-state index in [4.69, 9.17) is 30.5 Å². The number of thiazole rings is 1. The van der Waals surface area contributed by atoms with Gasteiger partial charge in [0.05, 0.1) is 42.0 Å². The SMILES string of the molecule is CCOC(=O)C1=C(C(F)(F)F)N=c2s/c(=C\c3ccc(OCc4ccc(C(=O)OCC)cc4)c(OC)c3)c(=O)n2[C@@H]1c1ccc(Cl)cc1. The molecule has 0 saturated heterocycles. The molecule has 0 saturated carbocycles. The minimum atomic E-state index is -5.02. The van der Waals surface area contributed by atoms with Gasteiger partial charge in [-0.1, -0.05) is 53.3 Å². The molecule has 1 aromatic heterocycles.